The van der Waals surface area contributed by atoms with Crippen molar-refractivity contribution in [3.05, 3.63) is 30.6 Å². The Morgan fingerprint density at radius 2 is 2.12 bits per heavy atom. The second-order valence-corrected chi connectivity index (χ2v) is 7.20. The van der Waals surface area contributed by atoms with Gasteiger partial charge in [-0.3, -0.25) is 15.6 Å². The Labute approximate surface area is 146 Å². The molecular formula is C17H21N5OS. The predicted octanol–water partition coefficient (Wildman–Crippen LogP) is 1.72. The second kappa shape index (κ2) is 6.39. The van der Waals surface area contributed by atoms with E-state index in [4.69, 9.17) is 12.2 Å². The number of carbonyl (C=O) groups excluding carboxylic acids is 1. The molecule has 7 heteroatoms. The van der Waals surface area contributed by atoms with Gasteiger partial charge in [-0.1, -0.05) is 18.6 Å². The summed E-state index contributed by atoms with van der Waals surface area (Å²) < 4.78 is 1.82. The molecule has 3 atom stereocenters. The molecule has 1 aromatic heterocycles. The Bertz CT molecular complexity index is 773. The summed E-state index contributed by atoms with van der Waals surface area (Å²) in [5.74, 6) is 1.44. The Morgan fingerprint density at radius 1 is 1.25 bits per heavy atom. The Hall–Kier alpha value is -2.15. The van der Waals surface area contributed by atoms with Crippen molar-refractivity contribution in [2.24, 2.45) is 11.8 Å². The van der Waals surface area contributed by atoms with E-state index in [0.717, 1.165) is 22.9 Å². The number of rotatable bonds is 3. The Balaban J connectivity index is 1.26. The molecule has 2 aromatic rings. The first-order chi connectivity index (χ1) is 11.7. The largest absolute Gasteiger partial charge is 0.358 e. The van der Waals surface area contributed by atoms with Gasteiger partial charge in [0.2, 0.25) is 0 Å². The molecule has 1 heterocycles. The topological polar surface area (TPSA) is 71.0 Å². The summed E-state index contributed by atoms with van der Waals surface area (Å²) in [7, 11) is 0. The van der Waals surface area contributed by atoms with Gasteiger partial charge in [0.15, 0.2) is 5.11 Å². The molecule has 0 spiro atoms. The number of para-hydroxylation sites is 2. The smallest absolute Gasteiger partial charge is 0.258 e. The molecule has 1 amide bonds. The van der Waals surface area contributed by atoms with E-state index < -0.39 is 0 Å². The van der Waals surface area contributed by atoms with Gasteiger partial charge in [-0.25, -0.2) is 4.98 Å². The van der Waals surface area contributed by atoms with Crippen LogP contribution in [-0.2, 0) is 11.3 Å². The van der Waals surface area contributed by atoms with E-state index in [1.807, 2.05) is 28.8 Å². The summed E-state index contributed by atoms with van der Waals surface area (Å²) in [5.41, 5.74) is 7.30. The summed E-state index contributed by atoms with van der Waals surface area (Å²) in [5, 5.41) is 3.84. The SMILES string of the molecule is O=C(Cn1cnc2ccccc21)NNC(=S)N[C@@H]1C[C@H]2CC[C@H]1C2. The third kappa shape index (κ3) is 3.08. The molecule has 0 unspecified atom stereocenters. The lowest BCUT2D eigenvalue weighted by atomic mass is 9.96. The van der Waals surface area contributed by atoms with Crippen LogP contribution in [-0.4, -0.2) is 26.6 Å². The van der Waals surface area contributed by atoms with Crippen LogP contribution in [0.2, 0.25) is 0 Å². The third-order valence-electron chi connectivity index (χ3n) is 5.21. The number of nitrogens with one attached hydrogen (secondary N) is 3. The van der Waals surface area contributed by atoms with Gasteiger partial charge in [-0.15, -0.1) is 0 Å². The molecule has 2 aliphatic rings. The van der Waals surface area contributed by atoms with E-state index in [1.54, 1.807) is 6.33 Å². The van der Waals surface area contributed by atoms with Crippen molar-refractivity contribution < 1.29 is 4.79 Å². The predicted molar refractivity (Wildman–Crippen MR) is 96.0 cm³/mol. The van der Waals surface area contributed by atoms with Crippen LogP contribution in [0.4, 0.5) is 0 Å². The maximum atomic E-state index is 12.1. The number of hydrazine groups is 1. The highest BCUT2D eigenvalue weighted by Gasteiger charge is 2.39. The first-order valence-corrected chi connectivity index (χ1v) is 8.85. The number of nitrogens with zero attached hydrogens (tertiary/aromatic N) is 2. The number of hydrogen-bond acceptors (Lipinski definition) is 3. The minimum atomic E-state index is -0.157. The Morgan fingerprint density at radius 3 is 2.92 bits per heavy atom. The van der Waals surface area contributed by atoms with Gasteiger partial charge >= 0.3 is 0 Å². The van der Waals surface area contributed by atoms with Crippen molar-refractivity contribution in [1.29, 1.82) is 0 Å². The molecule has 2 bridgehead atoms. The fourth-order valence-electron chi connectivity index (χ4n) is 4.08. The third-order valence-corrected chi connectivity index (χ3v) is 5.43. The maximum Gasteiger partial charge on any atom is 0.258 e. The van der Waals surface area contributed by atoms with E-state index in [2.05, 4.69) is 21.2 Å². The van der Waals surface area contributed by atoms with Crippen molar-refractivity contribution >= 4 is 34.3 Å². The van der Waals surface area contributed by atoms with Crippen LogP contribution in [0, 0.1) is 11.8 Å². The molecule has 3 N–H and O–H groups in total. The normalized spacial score (nSPS) is 24.9. The first kappa shape index (κ1) is 15.4. The van der Waals surface area contributed by atoms with Crippen LogP contribution in [0.15, 0.2) is 30.6 Å². The highest BCUT2D eigenvalue weighted by atomic mass is 32.1. The van der Waals surface area contributed by atoms with Crippen molar-refractivity contribution in [1.82, 2.24) is 25.7 Å². The molecule has 0 aliphatic heterocycles. The van der Waals surface area contributed by atoms with Gasteiger partial charge in [-0.05, 0) is 55.4 Å². The number of thiocarbonyl (C=S) groups is 1. The van der Waals surface area contributed by atoms with Crippen LogP contribution in [0.3, 0.4) is 0 Å². The number of amides is 1. The summed E-state index contributed by atoms with van der Waals surface area (Å²) in [4.78, 5) is 16.4. The fourth-order valence-corrected chi connectivity index (χ4v) is 4.29. The highest BCUT2D eigenvalue weighted by molar-refractivity contribution is 7.80. The van der Waals surface area contributed by atoms with Crippen molar-refractivity contribution in [3.63, 3.8) is 0 Å². The zero-order chi connectivity index (χ0) is 16.5. The standard InChI is InChI=1S/C17H21N5OS/c23-16(9-22-10-18-13-3-1-2-4-15(13)22)20-21-17(24)19-14-8-11-5-6-12(14)7-11/h1-4,10-12,14H,5-9H2,(H,20,23)(H2,19,21,24)/t11-,12-,14+/m0/s1. The minimum Gasteiger partial charge on any atom is -0.358 e. The highest BCUT2D eigenvalue weighted by Crippen LogP contribution is 2.44. The van der Waals surface area contributed by atoms with E-state index in [9.17, 15) is 4.79 Å². The number of carbonyl (C=O) groups is 1. The lowest BCUT2D eigenvalue weighted by Gasteiger charge is -2.24. The van der Waals surface area contributed by atoms with E-state index >= 15 is 0 Å². The van der Waals surface area contributed by atoms with Crippen LogP contribution in [0.5, 0.6) is 0 Å². The van der Waals surface area contributed by atoms with Crippen molar-refractivity contribution in [3.8, 4) is 0 Å². The maximum absolute atomic E-state index is 12.1. The summed E-state index contributed by atoms with van der Waals surface area (Å²) in [6.07, 6.45) is 6.85. The van der Waals surface area contributed by atoms with E-state index in [0.29, 0.717) is 11.2 Å². The zero-order valence-electron chi connectivity index (χ0n) is 13.4. The number of imidazole rings is 1. The van der Waals surface area contributed by atoms with Gasteiger partial charge in [0.1, 0.15) is 6.54 Å². The molecule has 2 saturated carbocycles. The van der Waals surface area contributed by atoms with Gasteiger partial charge in [-0.2, -0.15) is 0 Å². The van der Waals surface area contributed by atoms with E-state index in [-0.39, 0.29) is 12.5 Å². The Kier molecular flexibility index (Phi) is 4.10. The number of fused-ring (bicyclic) bond motifs is 3. The average molecular weight is 343 g/mol. The van der Waals surface area contributed by atoms with Crippen LogP contribution in [0.1, 0.15) is 25.7 Å². The average Bonchev–Trinajstić information content (AvgIpc) is 3.29. The molecule has 24 heavy (non-hydrogen) atoms. The van der Waals surface area contributed by atoms with Crippen LogP contribution >= 0.6 is 12.2 Å². The number of hydrogen-bond donors (Lipinski definition) is 3. The lowest BCUT2D eigenvalue weighted by molar-refractivity contribution is -0.122. The van der Waals surface area contributed by atoms with Gasteiger partial charge in [0.25, 0.3) is 5.91 Å². The van der Waals surface area contributed by atoms with Crippen molar-refractivity contribution in [2.75, 3.05) is 0 Å². The molecule has 126 valence electrons. The second-order valence-electron chi connectivity index (χ2n) is 6.79. The lowest BCUT2D eigenvalue weighted by Crippen LogP contribution is -2.51. The van der Waals surface area contributed by atoms with Crippen LogP contribution in [0.25, 0.3) is 11.0 Å². The van der Waals surface area contributed by atoms with Gasteiger partial charge in [0.05, 0.1) is 17.4 Å². The summed E-state index contributed by atoms with van der Waals surface area (Å²) in [6.45, 7) is 0.199. The molecule has 4 rings (SSSR count). The summed E-state index contributed by atoms with van der Waals surface area (Å²) in [6, 6.07) is 8.20. The minimum absolute atomic E-state index is 0.157. The molecule has 2 aliphatic carbocycles. The molecular weight excluding hydrogens is 322 g/mol. The van der Waals surface area contributed by atoms with Gasteiger partial charge in [0, 0.05) is 6.04 Å². The molecule has 0 saturated heterocycles. The quantitative estimate of drug-likeness (QED) is 0.585. The molecule has 1 aromatic carbocycles. The monoisotopic (exact) mass is 343 g/mol. The molecule has 6 nitrogen and oxygen atoms in total. The summed E-state index contributed by atoms with van der Waals surface area (Å²) >= 11 is 5.29. The zero-order valence-corrected chi connectivity index (χ0v) is 14.2. The fraction of sp³-hybridized carbons (Fsp3) is 0.471. The number of benzene rings is 1. The molecule has 0 radical (unpaired) electrons. The first-order valence-electron chi connectivity index (χ1n) is 8.44. The van der Waals surface area contributed by atoms with Gasteiger partial charge < -0.3 is 9.88 Å². The van der Waals surface area contributed by atoms with Crippen molar-refractivity contribution in [2.45, 2.75) is 38.3 Å². The van der Waals surface area contributed by atoms with Crippen LogP contribution < -0.4 is 16.2 Å². The molecule has 2 fully saturated rings. The number of aromatic nitrogens is 2. The van der Waals surface area contributed by atoms with E-state index in [1.165, 1.54) is 25.7 Å².